The molecule has 1 nitrogen and oxygen atoms in total. The Morgan fingerprint density at radius 3 is 2.59 bits per heavy atom. The smallest absolute Gasteiger partial charge is 0.0187 e. The topological polar surface area (TPSA) is 12.0 Å². The highest BCUT2D eigenvalue weighted by molar-refractivity contribution is 7.98. The van der Waals surface area contributed by atoms with E-state index in [2.05, 4.69) is 57.4 Å². The van der Waals surface area contributed by atoms with Crippen LogP contribution in [0.15, 0.2) is 24.3 Å². The van der Waals surface area contributed by atoms with Gasteiger partial charge in [0.15, 0.2) is 0 Å². The van der Waals surface area contributed by atoms with Crippen molar-refractivity contribution in [3.8, 4) is 0 Å². The Morgan fingerprint density at radius 1 is 1.29 bits per heavy atom. The Kier molecular flexibility index (Phi) is 6.68. The maximum Gasteiger partial charge on any atom is 0.0187 e. The first-order valence-electron chi connectivity index (χ1n) is 6.48. The highest BCUT2D eigenvalue weighted by Gasteiger charge is 2.13. The molecule has 0 radical (unpaired) electrons. The van der Waals surface area contributed by atoms with Gasteiger partial charge in [0.25, 0.3) is 0 Å². The number of rotatable bonds is 7. The van der Waals surface area contributed by atoms with Crippen LogP contribution in [0.5, 0.6) is 0 Å². The maximum atomic E-state index is 3.43. The van der Waals surface area contributed by atoms with Gasteiger partial charge in [-0.3, -0.25) is 0 Å². The van der Waals surface area contributed by atoms with E-state index in [0.29, 0.717) is 6.04 Å². The van der Waals surface area contributed by atoms with Gasteiger partial charge >= 0.3 is 0 Å². The SMILES string of the molecule is CCC(C)C(CSCc1ccccc1C)NC. The van der Waals surface area contributed by atoms with Crippen LogP contribution in [0, 0.1) is 12.8 Å². The quantitative estimate of drug-likeness (QED) is 0.789. The van der Waals surface area contributed by atoms with Crippen molar-refractivity contribution < 1.29 is 0 Å². The number of thioether (sulfide) groups is 1. The molecule has 2 heteroatoms. The van der Waals surface area contributed by atoms with Gasteiger partial charge in [0.05, 0.1) is 0 Å². The van der Waals surface area contributed by atoms with Gasteiger partial charge < -0.3 is 5.32 Å². The Hall–Kier alpha value is -0.470. The van der Waals surface area contributed by atoms with Crippen LogP contribution in [0.4, 0.5) is 0 Å². The first-order valence-corrected chi connectivity index (χ1v) is 7.64. The number of hydrogen-bond donors (Lipinski definition) is 1. The zero-order chi connectivity index (χ0) is 12.7. The van der Waals surface area contributed by atoms with Gasteiger partial charge in [-0.25, -0.2) is 0 Å². The molecule has 0 saturated carbocycles. The largest absolute Gasteiger partial charge is 0.316 e. The van der Waals surface area contributed by atoms with Gasteiger partial charge in [0, 0.05) is 17.5 Å². The normalized spacial score (nSPS) is 14.6. The summed E-state index contributed by atoms with van der Waals surface area (Å²) in [6, 6.07) is 9.31. The Morgan fingerprint density at radius 2 is 2.00 bits per heavy atom. The van der Waals surface area contributed by atoms with E-state index in [1.54, 1.807) is 0 Å². The molecule has 0 aromatic heterocycles. The molecule has 1 rings (SSSR count). The molecule has 0 saturated heterocycles. The lowest BCUT2D eigenvalue weighted by molar-refractivity contribution is 0.420. The summed E-state index contributed by atoms with van der Waals surface area (Å²) in [6.07, 6.45) is 1.25. The molecule has 0 spiro atoms. The minimum absolute atomic E-state index is 0.633. The number of nitrogens with one attached hydrogen (secondary N) is 1. The van der Waals surface area contributed by atoms with Crippen molar-refractivity contribution >= 4 is 11.8 Å². The zero-order valence-electron chi connectivity index (χ0n) is 11.5. The van der Waals surface area contributed by atoms with E-state index in [1.807, 2.05) is 11.8 Å². The van der Waals surface area contributed by atoms with Crippen LogP contribution in [0.1, 0.15) is 31.4 Å². The van der Waals surface area contributed by atoms with E-state index in [0.717, 1.165) is 11.7 Å². The van der Waals surface area contributed by atoms with Gasteiger partial charge in [0.1, 0.15) is 0 Å². The van der Waals surface area contributed by atoms with Crippen LogP contribution in [0.2, 0.25) is 0 Å². The predicted octanol–water partition coefficient (Wildman–Crippen LogP) is 3.86. The lowest BCUT2D eigenvalue weighted by atomic mass is 10.0. The van der Waals surface area contributed by atoms with Crippen LogP contribution >= 0.6 is 11.8 Å². The summed E-state index contributed by atoms with van der Waals surface area (Å²) in [5.41, 5.74) is 2.88. The second-order valence-corrected chi connectivity index (χ2v) is 5.75. The number of benzene rings is 1. The van der Waals surface area contributed by atoms with Crippen molar-refractivity contribution in [3.63, 3.8) is 0 Å². The van der Waals surface area contributed by atoms with Crippen LogP contribution in [0.3, 0.4) is 0 Å². The van der Waals surface area contributed by atoms with E-state index in [1.165, 1.54) is 23.3 Å². The molecule has 0 amide bonds. The van der Waals surface area contributed by atoms with Crippen molar-refractivity contribution in [1.29, 1.82) is 0 Å². The molecule has 2 unspecified atom stereocenters. The molecule has 17 heavy (non-hydrogen) atoms. The van der Waals surface area contributed by atoms with E-state index < -0.39 is 0 Å². The molecule has 0 fully saturated rings. The first kappa shape index (κ1) is 14.6. The molecule has 1 aromatic rings. The van der Waals surface area contributed by atoms with Gasteiger partial charge in [-0.1, -0.05) is 44.5 Å². The lowest BCUT2D eigenvalue weighted by Gasteiger charge is -2.22. The highest BCUT2D eigenvalue weighted by atomic mass is 32.2. The lowest BCUT2D eigenvalue weighted by Crippen LogP contribution is -2.34. The van der Waals surface area contributed by atoms with Crippen LogP contribution in [-0.2, 0) is 5.75 Å². The zero-order valence-corrected chi connectivity index (χ0v) is 12.3. The van der Waals surface area contributed by atoms with Crippen molar-refractivity contribution in [2.75, 3.05) is 12.8 Å². The summed E-state index contributed by atoms with van der Waals surface area (Å²) >= 11 is 2.03. The van der Waals surface area contributed by atoms with Crippen molar-refractivity contribution in [1.82, 2.24) is 5.32 Å². The Balaban J connectivity index is 2.39. The summed E-state index contributed by atoms with van der Waals surface area (Å²) < 4.78 is 0. The average molecular weight is 251 g/mol. The molecular weight excluding hydrogens is 226 g/mol. The summed E-state index contributed by atoms with van der Waals surface area (Å²) in [7, 11) is 2.07. The van der Waals surface area contributed by atoms with Gasteiger partial charge in [-0.05, 0) is 31.0 Å². The van der Waals surface area contributed by atoms with Gasteiger partial charge in [0.2, 0.25) is 0 Å². The molecule has 0 aliphatic carbocycles. The maximum absolute atomic E-state index is 3.43. The average Bonchev–Trinajstić information content (AvgIpc) is 2.36. The second kappa shape index (κ2) is 7.78. The van der Waals surface area contributed by atoms with E-state index in [9.17, 15) is 0 Å². The molecule has 1 aromatic carbocycles. The third-order valence-electron chi connectivity index (χ3n) is 3.52. The summed E-state index contributed by atoms with van der Waals surface area (Å²) in [4.78, 5) is 0. The van der Waals surface area contributed by atoms with E-state index >= 15 is 0 Å². The fraction of sp³-hybridized carbons (Fsp3) is 0.600. The molecule has 0 bridgehead atoms. The number of aryl methyl sites for hydroxylation is 1. The molecule has 0 heterocycles. The summed E-state index contributed by atoms with van der Waals surface area (Å²) in [5, 5.41) is 3.43. The fourth-order valence-corrected chi connectivity index (χ4v) is 3.30. The molecule has 2 atom stereocenters. The highest BCUT2D eigenvalue weighted by Crippen LogP contribution is 2.19. The molecular formula is C15H25NS. The minimum atomic E-state index is 0.633. The third-order valence-corrected chi connectivity index (χ3v) is 4.63. The second-order valence-electron chi connectivity index (χ2n) is 4.72. The van der Waals surface area contributed by atoms with Crippen LogP contribution in [0.25, 0.3) is 0 Å². The fourth-order valence-electron chi connectivity index (χ4n) is 1.88. The van der Waals surface area contributed by atoms with Crippen molar-refractivity contribution in [2.45, 2.75) is 39.0 Å². The Labute approximate surface area is 110 Å². The third kappa shape index (κ3) is 4.72. The molecule has 0 aliphatic heterocycles. The van der Waals surface area contributed by atoms with Crippen molar-refractivity contribution in [3.05, 3.63) is 35.4 Å². The monoisotopic (exact) mass is 251 g/mol. The van der Waals surface area contributed by atoms with Crippen LogP contribution < -0.4 is 5.32 Å². The summed E-state index contributed by atoms with van der Waals surface area (Å²) in [5.74, 6) is 3.07. The van der Waals surface area contributed by atoms with Gasteiger partial charge in [-0.2, -0.15) is 11.8 Å². The minimum Gasteiger partial charge on any atom is -0.316 e. The van der Waals surface area contributed by atoms with Crippen molar-refractivity contribution in [2.24, 2.45) is 5.92 Å². The molecule has 96 valence electrons. The summed E-state index contributed by atoms with van der Waals surface area (Å²) in [6.45, 7) is 6.79. The van der Waals surface area contributed by atoms with E-state index in [4.69, 9.17) is 0 Å². The molecule has 0 aliphatic rings. The standard InChI is InChI=1S/C15H25NS/c1-5-12(2)15(16-4)11-17-10-14-9-7-6-8-13(14)3/h6-9,12,15-16H,5,10-11H2,1-4H3. The number of hydrogen-bond acceptors (Lipinski definition) is 2. The van der Waals surface area contributed by atoms with Crippen LogP contribution in [-0.4, -0.2) is 18.8 Å². The van der Waals surface area contributed by atoms with E-state index in [-0.39, 0.29) is 0 Å². The predicted molar refractivity (Wildman–Crippen MR) is 79.6 cm³/mol. The van der Waals surface area contributed by atoms with Gasteiger partial charge in [-0.15, -0.1) is 0 Å². The first-order chi connectivity index (χ1) is 8.19. The molecule has 1 N–H and O–H groups in total. The Bertz CT molecular complexity index is 324.